The van der Waals surface area contributed by atoms with Crippen LogP contribution in [0.4, 0.5) is 17.2 Å². The molecule has 0 saturated carbocycles. The van der Waals surface area contributed by atoms with E-state index in [-0.39, 0.29) is 0 Å². The minimum absolute atomic E-state index is 0.664. The average Bonchev–Trinajstić information content (AvgIpc) is 3.31. The van der Waals surface area contributed by atoms with Crippen LogP contribution in [-0.4, -0.2) is 48.3 Å². The molecule has 0 aliphatic carbocycles. The second kappa shape index (κ2) is 8.40. The van der Waals surface area contributed by atoms with Gasteiger partial charge in [0, 0.05) is 55.1 Å². The van der Waals surface area contributed by atoms with Gasteiger partial charge in [-0.15, -0.1) is 0 Å². The number of hydrogen-bond acceptors (Lipinski definition) is 5. The highest BCUT2D eigenvalue weighted by Crippen LogP contribution is 2.38. The van der Waals surface area contributed by atoms with E-state index >= 15 is 0 Å². The number of aryl methyl sites for hydroxylation is 1. The molecule has 0 radical (unpaired) electrons. The Morgan fingerprint density at radius 3 is 2.87 bits per heavy atom. The molecule has 0 spiro atoms. The molecule has 5 rings (SSSR count). The third-order valence-electron chi connectivity index (χ3n) is 5.97. The standard InChI is InChI=1S/C25H27N5O/c1-3-18-6-4-7-19(16-18)30-13-12-29(14-15-31-2)25-23(30)17-27-24(28-25)21-8-5-9-22-20(21)10-11-26-22/h4-11,16-17,26H,3,12-15H2,1-2H3. The topological polar surface area (TPSA) is 57.3 Å². The lowest BCUT2D eigenvalue weighted by Crippen LogP contribution is -2.41. The molecule has 0 fully saturated rings. The summed E-state index contributed by atoms with van der Waals surface area (Å²) in [6.07, 6.45) is 4.95. The van der Waals surface area contributed by atoms with Crippen LogP contribution in [0.2, 0.25) is 0 Å². The number of nitrogens with one attached hydrogen (secondary N) is 1. The monoisotopic (exact) mass is 413 g/mol. The number of nitrogens with zero attached hydrogens (tertiary/aromatic N) is 4. The van der Waals surface area contributed by atoms with Gasteiger partial charge in [-0.2, -0.15) is 0 Å². The summed E-state index contributed by atoms with van der Waals surface area (Å²) in [6, 6.07) is 17.0. The van der Waals surface area contributed by atoms with E-state index in [0.29, 0.717) is 6.61 Å². The molecule has 31 heavy (non-hydrogen) atoms. The number of ether oxygens (including phenoxy) is 1. The molecule has 0 atom stereocenters. The van der Waals surface area contributed by atoms with Crippen molar-refractivity contribution in [1.29, 1.82) is 0 Å². The molecule has 0 unspecified atom stereocenters. The fourth-order valence-electron chi connectivity index (χ4n) is 4.28. The van der Waals surface area contributed by atoms with Crippen molar-refractivity contribution in [3.8, 4) is 11.4 Å². The van der Waals surface area contributed by atoms with Crippen LogP contribution in [0.25, 0.3) is 22.3 Å². The molecule has 158 valence electrons. The van der Waals surface area contributed by atoms with Gasteiger partial charge in [-0.1, -0.05) is 31.2 Å². The highest BCUT2D eigenvalue weighted by Gasteiger charge is 2.26. The van der Waals surface area contributed by atoms with Crippen LogP contribution >= 0.6 is 0 Å². The van der Waals surface area contributed by atoms with Crippen LogP contribution < -0.4 is 9.80 Å². The summed E-state index contributed by atoms with van der Waals surface area (Å²) in [6.45, 7) is 5.43. The Bertz CT molecular complexity index is 1200. The molecular formula is C25H27N5O. The minimum atomic E-state index is 0.664. The summed E-state index contributed by atoms with van der Waals surface area (Å²) in [5, 5.41) is 1.13. The van der Waals surface area contributed by atoms with Gasteiger partial charge in [0.2, 0.25) is 0 Å². The van der Waals surface area contributed by atoms with Crippen LogP contribution in [0, 0.1) is 0 Å². The zero-order valence-electron chi connectivity index (χ0n) is 18.0. The van der Waals surface area contributed by atoms with Crippen molar-refractivity contribution in [3.05, 3.63) is 66.5 Å². The van der Waals surface area contributed by atoms with Crippen molar-refractivity contribution in [1.82, 2.24) is 15.0 Å². The second-order valence-corrected chi connectivity index (χ2v) is 7.80. The average molecular weight is 414 g/mol. The molecule has 0 bridgehead atoms. The smallest absolute Gasteiger partial charge is 0.162 e. The number of benzene rings is 2. The Morgan fingerprint density at radius 1 is 1.10 bits per heavy atom. The number of anilines is 3. The van der Waals surface area contributed by atoms with Crippen molar-refractivity contribution in [2.24, 2.45) is 0 Å². The lowest BCUT2D eigenvalue weighted by Gasteiger charge is -2.37. The van der Waals surface area contributed by atoms with Gasteiger partial charge in [0.25, 0.3) is 0 Å². The van der Waals surface area contributed by atoms with Crippen LogP contribution in [0.3, 0.4) is 0 Å². The maximum absolute atomic E-state index is 5.36. The van der Waals surface area contributed by atoms with Crippen molar-refractivity contribution < 1.29 is 4.74 Å². The van der Waals surface area contributed by atoms with Crippen LogP contribution in [-0.2, 0) is 11.2 Å². The molecule has 1 aliphatic heterocycles. The van der Waals surface area contributed by atoms with E-state index < -0.39 is 0 Å². The first-order chi connectivity index (χ1) is 15.3. The number of H-pyrrole nitrogens is 1. The molecule has 1 aliphatic rings. The summed E-state index contributed by atoms with van der Waals surface area (Å²) < 4.78 is 5.36. The van der Waals surface area contributed by atoms with Gasteiger partial charge < -0.3 is 19.5 Å². The Morgan fingerprint density at radius 2 is 2.00 bits per heavy atom. The predicted molar refractivity (Wildman–Crippen MR) is 126 cm³/mol. The summed E-state index contributed by atoms with van der Waals surface area (Å²) in [4.78, 5) is 17.8. The summed E-state index contributed by atoms with van der Waals surface area (Å²) in [5.41, 5.74) is 5.70. The van der Waals surface area contributed by atoms with Crippen molar-refractivity contribution >= 4 is 28.1 Å². The van der Waals surface area contributed by atoms with Gasteiger partial charge in [0.05, 0.1) is 12.8 Å². The molecule has 3 heterocycles. The number of methoxy groups -OCH3 is 1. The molecule has 6 heteroatoms. The molecule has 1 N–H and O–H groups in total. The van der Waals surface area contributed by atoms with E-state index in [1.807, 2.05) is 18.5 Å². The maximum atomic E-state index is 5.36. The maximum Gasteiger partial charge on any atom is 0.162 e. The van der Waals surface area contributed by atoms with E-state index in [9.17, 15) is 0 Å². The van der Waals surface area contributed by atoms with Gasteiger partial charge in [-0.3, -0.25) is 0 Å². The molecule has 2 aromatic carbocycles. The van der Waals surface area contributed by atoms with E-state index in [2.05, 4.69) is 64.2 Å². The quantitative estimate of drug-likeness (QED) is 0.492. The van der Waals surface area contributed by atoms with E-state index in [1.165, 1.54) is 11.3 Å². The second-order valence-electron chi connectivity index (χ2n) is 7.80. The van der Waals surface area contributed by atoms with Gasteiger partial charge in [0.15, 0.2) is 11.6 Å². The molecule has 0 amide bonds. The Labute approximate surface area is 182 Å². The predicted octanol–water partition coefficient (Wildman–Crippen LogP) is 4.79. The molecular weight excluding hydrogens is 386 g/mol. The third-order valence-corrected chi connectivity index (χ3v) is 5.97. The molecule has 0 saturated heterocycles. The number of hydrogen-bond donors (Lipinski definition) is 1. The first kappa shape index (κ1) is 19.6. The number of fused-ring (bicyclic) bond motifs is 2. The van der Waals surface area contributed by atoms with Crippen molar-refractivity contribution in [3.63, 3.8) is 0 Å². The molecule has 2 aromatic heterocycles. The normalized spacial score (nSPS) is 13.6. The Kier molecular flexibility index (Phi) is 5.30. The van der Waals surface area contributed by atoms with E-state index in [4.69, 9.17) is 14.7 Å². The highest BCUT2D eigenvalue weighted by molar-refractivity contribution is 5.94. The molecule has 4 aromatic rings. The summed E-state index contributed by atoms with van der Waals surface area (Å²) in [5.74, 6) is 1.71. The fraction of sp³-hybridized carbons (Fsp3) is 0.280. The fourth-order valence-corrected chi connectivity index (χ4v) is 4.28. The van der Waals surface area contributed by atoms with Gasteiger partial charge in [-0.25, -0.2) is 9.97 Å². The van der Waals surface area contributed by atoms with Gasteiger partial charge in [0.1, 0.15) is 5.69 Å². The van der Waals surface area contributed by atoms with E-state index in [1.54, 1.807) is 7.11 Å². The lowest BCUT2D eigenvalue weighted by molar-refractivity contribution is 0.205. The largest absolute Gasteiger partial charge is 0.383 e. The van der Waals surface area contributed by atoms with Gasteiger partial charge >= 0.3 is 0 Å². The van der Waals surface area contributed by atoms with Crippen molar-refractivity contribution in [2.45, 2.75) is 13.3 Å². The Hall–Kier alpha value is -3.38. The zero-order valence-corrected chi connectivity index (χ0v) is 18.0. The third kappa shape index (κ3) is 3.64. The van der Waals surface area contributed by atoms with Crippen LogP contribution in [0.15, 0.2) is 60.9 Å². The highest BCUT2D eigenvalue weighted by atomic mass is 16.5. The number of rotatable bonds is 6. The Balaban J connectivity index is 1.60. The van der Waals surface area contributed by atoms with Crippen LogP contribution in [0.5, 0.6) is 0 Å². The summed E-state index contributed by atoms with van der Waals surface area (Å²) >= 11 is 0. The van der Waals surface area contributed by atoms with Crippen LogP contribution in [0.1, 0.15) is 12.5 Å². The van der Waals surface area contributed by atoms with E-state index in [0.717, 1.165) is 59.9 Å². The minimum Gasteiger partial charge on any atom is -0.383 e. The number of aromatic nitrogens is 3. The van der Waals surface area contributed by atoms with Crippen molar-refractivity contribution in [2.75, 3.05) is 43.2 Å². The molecule has 6 nitrogen and oxygen atoms in total. The van der Waals surface area contributed by atoms with Gasteiger partial charge in [-0.05, 0) is 36.2 Å². The first-order valence-corrected chi connectivity index (χ1v) is 10.8. The lowest BCUT2D eigenvalue weighted by atomic mass is 10.1. The summed E-state index contributed by atoms with van der Waals surface area (Å²) in [7, 11) is 1.74. The number of aromatic amines is 1. The first-order valence-electron chi connectivity index (χ1n) is 10.8. The SMILES string of the molecule is CCc1cccc(N2CCN(CCOC)c3nc(-c4cccc5[nH]ccc45)ncc32)c1. The zero-order chi connectivity index (χ0) is 21.2.